The number of carbonyl (C=O) groups excluding carboxylic acids is 1. The quantitative estimate of drug-likeness (QED) is 0.612. The highest BCUT2D eigenvalue weighted by molar-refractivity contribution is 6.02. The topological polar surface area (TPSA) is 43.1 Å². The summed E-state index contributed by atoms with van der Waals surface area (Å²) in [5.74, 6) is 0.0545. The van der Waals surface area contributed by atoms with Gasteiger partial charge in [0.05, 0.1) is 0 Å². The first-order valence-corrected chi connectivity index (χ1v) is 5.15. The summed E-state index contributed by atoms with van der Waals surface area (Å²) in [7, 11) is 0. The number of nitrogens with two attached hydrogens (primary N) is 1. The predicted molar refractivity (Wildman–Crippen MR) is 66.3 cm³/mol. The van der Waals surface area contributed by atoms with Gasteiger partial charge >= 0.3 is 0 Å². The van der Waals surface area contributed by atoms with Crippen LogP contribution in [0.2, 0.25) is 0 Å². The fourth-order valence-corrected chi connectivity index (χ4v) is 1.77. The number of para-hydroxylation sites is 1. The second kappa shape index (κ2) is 4.19. The van der Waals surface area contributed by atoms with E-state index in [2.05, 4.69) is 0 Å². The van der Waals surface area contributed by atoms with Crippen LogP contribution in [0, 0.1) is 0 Å². The standard InChI is InChI=1S/C14H13NO/c1-10(16)11-6-2-3-7-12(11)13-8-4-5-9-14(13)15/h2-9H,15H2,1H3. The molecule has 0 aromatic heterocycles. The van der Waals surface area contributed by atoms with Gasteiger partial charge in [-0.25, -0.2) is 0 Å². The Morgan fingerprint density at radius 2 is 1.50 bits per heavy atom. The summed E-state index contributed by atoms with van der Waals surface area (Å²) < 4.78 is 0. The van der Waals surface area contributed by atoms with Crippen molar-refractivity contribution >= 4 is 11.5 Å². The third-order valence-corrected chi connectivity index (χ3v) is 2.56. The van der Waals surface area contributed by atoms with Crippen LogP contribution in [-0.4, -0.2) is 5.78 Å². The number of nitrogen functional groups attached to an aromatic ring is 1. The lowest BCUT2D eigenvalue weighted by Crippen LogP contribution is -1.97. The Bertz CT molecular complexity index is 532. The van der Waals surface area contributed by atoms with Crippen molar-refractivity contribution in [2.75, 3.05) is 5.73 Å². The summed E-state index contributed by atoms with van der Waals surface area (Å²) >= 11 is 0. The first-order chi connectivity index (χ1) is 7.70. The number of carbonyl (C=O) groups is 1. The van der Waals surface area contributed by atoms with E-state index in [-0.39, 0.29) is 5.78 Å². The first kappa shape index (κ1) is 10.4. The summed E-state index contributed by atoms with van der Waals surface area (Å²) in [6.07, 6.45) is 0. The van der Waals surface area contributed by atoms with Crippen LogP contribution >= 0.6 is 0 Å². The fraction of sp³-hybridized carbons (Fsp3) is 0.0714. The number of hydrogen-bond donors (Lipinski definition) is 1. The molecule has 0 heterocycles. The van der Waals surface area contributed by atoms with Crippen LogP contribution < -0.4 is 5.73 Å². The molecule has 0 atom stereocenters. The molecule has 0 radical (unpaired) electrons. The molecule has 2 aromatic rings. The van der Waals surface area contributed by atoms with Gasteiger partial charge in [0.2, 0.25) is 0 Å². The van der Waals surface area contributed by atoms with E-state index in [4.69, 9.17) is 5.73 Å². The fourth-order valence-electron chi connectivity index (χ4n) is 1.77. The monoisotopic (exact) mass is 211 g/mol. The van der Waals surface area contributed by atoms with Crippen molar-refractivity contribution in [1.82, 2.24) is 0 Å². The maximum Gasteiger partial charge on any atom is 0.160 e. The zero-order valence-corrected chi connectivity index (χ0v) is 9.10. The van der Waals surface area contributed by atoms with E-state index in [1.54, 1.807) is 6.92 Å². The molecule has 0 aliphatic carbocycles. The Kier molecular flexibility index (Phi) is 2.73. The third-order valence-electron chi connectivity index (χ3n) is 2.56. The second-order valence-corrected chi connectivity index (χ2v) is 3.69. The lowest BCUT2D eigenvalue weighted by atomic mass is 9.96. The van der Waals surface area contributed by atoms with E-state index in [0.29, 0.717) is 11.3 Å². The van der Waals surface area contributed by atoms with Gasteiger partial charge in [-0.1, -0.05) is 42.5 Å². The lowest BCUT2D eigenvalue weighted by molar-refractivity contribution is 0.101. The average Bonchev–Trinajstić information content (AvgIpc) is 2.29. The van der Waals surface area contributed by atoms with Crippen LogP contribution in [0.15, 0.2) is 48.5 Å². The van der Waals surface area contributed by atoms with E-state index < -0.39 is 0 Å². The minimum Gasteiger partial charge on any atom is -0.398 e. The molecule has 2 rings (SSSR count). The van der Waals surface area contributed by atoms with Gasteiger partial charge in [-0.05, 0) is 18.6 Å². The normalized spacial score (nSPS) is 10.1. The van der Waals surface area contributed by atoms with Crippen LogP contribution in [0.4, 0.5) is 5.69 Å². The minimum absolute atomic E-state index is 0.0545. The van der Waals surface area contributed by atoms with Gasteiger partial charge in [0, 0.05) is 16.8 Å². The average molecular weight is 211 g/mol. The second-order valence-electron chi connectivity index (χ2n) is 3.69. The SMILES string of the molecule is CC(=O)c1ccccc1-c1ccccc1N. The Balaban J connectivity index is 2.65. The summed E-state index contributed by atoms with van der Waals surface area (Å²) in [6.45, 7) is 1.57. The molecule has 2 heteroatoms. The van der Waals surface area contributed by atoms with Crippen molar-refractivity contribution in [2.24, 2.45) is 0 Å². The van der Waals surface area contributed by atoms with E-state index in [9.17, 15) is 4.79 Å². The number of Topliss-reactive ketones (excluding diaryl/α,β-unsaturated/α-hetero) is 1. The van der Waals surface area contributed by atoms with E-state index >= 15 is 0 Å². The van der Waals surface area contributed by atoms with Gasteiger partial charge in [0.15, 0.2) is 5.78 Å². The highest BCUT2D eigenvalue weighted by Crippen LogP contribution is 2.28. The van der Waals surface area contributed by atoms with Gasteiger partial charge in [-0.15, -0.1) is 0 Å². The molecule has 2 N–H and O–H groups in total. The molecule has 0 spiro atoms. The van der Waals surface area contributed by atoms with Gasteiger partial charge in [0.1, 0.15) is 0 Å². The first-order valence-electron chi connectivity index (χ1n) is 5.15. The van der Waals surface area contributed by atoms with Gasteiger partial charge in [-0.2, -0.15) is 0 Å². The van der Waals surface area contributed by atoms with E-state index in [1.807, 2.05) is 48.5 Å². The largest absolute Gasteiger partial charge is 0.398 e. The molecular formula is C14H13NO. The number of rotatable bonds is 2. The number of anilines is 1. The van der Waals surface area contributed by atoms with E-state index in [0.717, 1.165) is 11.1 Å². The molecule has 0 aliphatic rings. The zero-order chi connectivity index (χ0) is 11.5. The van der Waals surface area contributed by atoms with Crippen molar-refractivity contribution in [1.29, 1.82) is 0 Å². The molecule has 0 fully saturated rings. The van der Waals surface area contributed by atoms with Crippen molar-refractivity contribution in [3.05, 3.63) is 54.1 Å². The predicted octanol–water partition coefficient (Wildman–Crippen LogP) is 3.14. The summed E-state index contributed by atoms with van der Waals surface area (Å²) in [4.78, 5) is 11.5. The van der Waals surface area contributed by atoms with Crippen LogP contribution in [0.3, 0.4) is 0 Å². The molecule has 0 amide bonds. The van der Waals surface area contributed by atoms with Gasteiger partial charge < -0.3 is 5.73 Å². The maximum absolute atomic E-state index is 11.5. The number of hydrogen-bond acceptors (Lipinski definition) is 2. The van der Waals surface area contributed by atoms with Crippen molar-refractivity contribution in [3.8, 4) is 11.1 Å². The molecule has 2 nitrogen and oxygen atoms in total. The molecule has 0 bridgehead atoms. The van der Waals surface area contributed by atoms with E-state index in [1.165, 1.54) is 0 Å². The Hall–Kier alpha value is -2.09. The van der Waals surface area contributed by atoms with Crippen molar-refractivity contribution in [3.63, 3.8) is 0 Å². The van der Waals surface area contributed by atoms with Crippen LogP contribution in [-0.2, 0) is 0 Å². The zero-order valence-electron chi connectivity index (χ0n) is 9.10. The smallest absolute Gasteiger partial charge is 0.160 e. The molecule has 0 saturated carbocycles. The highest BCUT2D eigenvalue weighted by atomic mass is 16.1. The molecule has 0 aliphatic heterocycles. The third kappa shape index (κ3) is 1.82. The molecule has 0 saturated heterocycles. The summed E-state index contributed by atoms with van der Waals surface area (Å²) in [5.41, 5.74) is 9.12. The Morgan fingerprint density at radius 1 is 0.938 bits per heavy atom. The van der Waals surface area contributed by atoms with Gasteiger partial charge in [-0.3, -0.25) is 4.79 Å². The Morgan fingerprint density at radius 3 is 2.12 bits per heavy atom. The Labute approximate surface area is 94.7 Å². The van der Waals surface area contributed by atoms with Crippen LogP contribution in [0.1, 0.15) is 17.3 Å². The molecule has 2 aromatic carbocycles. The van der Waals surface area contributed by atoms with Crippen molar-refractivity contribution in [2.45, 2.75) is 6.92 Å². The maximum atomic E-state index is 11.5. The highest BCUT2D eigenvalue weighted by Gasteiger charge is 2.09. The summed E-state index contributed by atoms with van der Waals surface area (Å²) in [5, 5.41) is 0. The molecule has 0 unspecified atom stereocenters. The summed E-state index contributed by atoms with van der Waals surface area (Å²) in [6, 6.07) is 15.1. The van der Waals surface area contributed by atoms with Crippen LogP contribution in [0.5, 0.6) is 0 Å². The minimum atomic E-state index is 0.0545. The van der Waals surface area contributed by atoms with Crippen LogP contribution in [0.25, 0.3) is 11.1 Å². The van der Waals surface area contributed by atoms with Crippen molar-refractivity contribution < 1.29 is 4.79 Å². The number of ketones is 1. The van der Waals surface area contributed by atoms with Gasteiger partial charge in [0.25, 0.3) is 0 Å². The molecule has 16 heavy (non-hydrogen) atoms. The molecular weight excluding hydrogens is 198 g/mol. The number of benzene rings is 2. The lowest BCUT2D eigenvalue weighted by Gasteiger charge is -2.09. The molecule has 80 valence electrons.